The molecule has 2 rings (SSSR count). The van der Waals surface area contributed by atoms with Crippen LogP contribution in [0.2, 0.25) is 0 Å². The van der Waals surface area contributed by atoms with Crippen molar-refractivity contribution in [2.75, 3.05) is 37.6 Å². The van der Waals surface area contributed by atoms with E-state index >= 15 is 0 Å². The lowest BCUT2D eigenvalue weighted by molar-refractivity contribution is -0.138. The molecular weight excluding hydrogens is 342 g/mol. The lowest BCUT2D eigenvalue weighted by Gasteiger charge is -2.34. The molecule has 1 aromatic heterocycles. The molecule has 0 saturated carbocycles. The zero-order valence-electron chi connectivity index (χ0n) is 16.1. The van der Waals surface area contributed by atoms with Crippen LogP contribution in [-0.2, 0) is 4.79 Å². The van der Waals surface area contributed by atoms with Crippen LogP contribution in [0.25, 0.3) is 0 Å². The molecular formula is C20H29N5O2. The highest BCUT2D eigenvalue weighted by molar-refractivity contribution is 5.73. The minimum atomic E-state index is -0.971. The molecule has 0 aromatic carbocycles. The van der Waals surface area contributed by atoms with Crippen molar-refractivity contribution in [1.82, 2.24) is 14.9 Å². The molecule has 0 bridgehead atoms. The van der Waals surface area contributed by atoms with Crippen molar-refractivity contribution >= 4 is 11.9 Å². The fourth-order valence-electron chi connectivity index (χ4n) is 2.99. The highest BCUT2D eigenvalue weighted by Crippen LogP contribution is 2.14. The second kappa shape index (κ2) is 10.6. The van der Waals surface area contributed by atoms with Crippen molar-refractivity contribution in [3.05, 3.63) is 53.9 Å². The molecule has 3 N–H and O–H groups in total. The molecule has 7 nitrogen and oxygen atoms in total. The van der Waals surface area contributed by atoms with Gasteiger partial charge in [-0.3, -0.25) is 9.69 Å². The van der Waals surface area contributed by atoms with E-state index in [9.17, 15) is 4.79 Å². The number of hydrogen-bond donors (Lipinski definition) is 2. The molecule has 1 aliphatic heterocycles. The number of allylic oxidation sites excluding steroid dienone is 3. The Morgan fingerprint density at radius 2 is 1.96 bits per heavy atom. The van der Waals surface area contributed by atoms with Gasteiger partial charge in [-0.25, -0.2) is 9.97 Å². The van der Waals surface area contributed by atoms with E-state index < -0.39 is 12.0 Å². The van der Waals surface area contributed by atoms with Gasteiger partial charge in [0.2, 0.25) is 5.95 Å². The minimum absolute atomic E-state index is 0.349. The summed E-state index contributed by atoms with van der Waals surface area (Å²) in [4.78, 5) is 24.2. The summed E-state index contributed by atoms with van der Waals surface area (Å²) in [6.07, 6.45) is 12.0. The topological polar surface area (TPSA) is 95.6 Å². The number of aromatic nitrogens is 2. The first kappa shape index (κ1) is 20.8. The lowest BCUT2D eigenvalue weighted by atomic mass is 10.0. The van der Waals surface area contributed by atoms with E-state index in [4.69, 9.17) is 10.8 Å². The molecule has 1 saturated heterocycles. The van der Waals surface area contributed by atoms with Crippen LogP contribution in [0, 0.1) is 0 Å². The Balaban J connectivity index is 1.96. The number of rotatable bonds is 8. The number of carboxylic acid groups (broad SMARTS) is 1. The summed E-state index contributed by atoms with van der Waals surface area (Å²) in [7, 11) is 0. The van der Waals surface area contributed by atoms with Gasteiger partial charge in [-0.1, -0.05) is 29.9 Å². The number of carboxylic acids is 1. The van der Waals surface area contributed by atoms with Crippen LogP contribution >= 0.6 is 0 Å². The molecule has 27 heavy (non-hydrogen) atoms. The van der Waals surface area contributed by atoms with Crippen LogP contribution in [0.5, 0.6) is 0 Å². The standard InChI is InChI=1S/C20H29N5O2/c1-3-4-6-17(13-16(2)14-18(21)19(26)27)15-24-9-11-25(12-10-24)20-22-7-5-8-23-20/h3-8,13,18H,9-12,14-15,21H2,1-2H3,(H,26,27)/b4-3-,16-13+,17-6+. The van der Waals surface area contributed by atoms with Gasteiger partial charge in [-0.15, -0.1) is 0 Å². The van der Waals surface area contributed by atoms with Gasteiger partial charge in [-0.05, 0) is 31.9 Å². The Hall–Kier alpha value is -2.51. The van der Waals surface area contributed by atoms with Gasteiger partial charge in [-0.2, -0.15) is 0 Å². The number of aliphatic carboxylic acids is 1. The van der Waals surface area contributed by atoms with Crippen LogP contribution in [0.3, 0.4) is 0 Å². The second-order valence-corrected chi connectivity index (χ2v) is 6.72. The zero-order chi connectivity index (χ0) is 19.6. The molecule has 0 aliphatic carbocycles. The van der Waals surface area contributed by atoms with Gasteiger partial charge in [0.1, 0.15) is 6.04 Å². The third-order valence-electron chi connectivity index (χ3n) is 4.41. The van der Waals surface area contributed by atoms with Crippen molar-refractivity contribution in [3.8, 4) is 0 Å². The summed E-state index contributed by atoms with van der Waals surface area (Å²) in [5, 5.41) is 8.99. The molecule has 1 atom stereocenters. The number of anilines is 1. The maximum atomic E-state index is 11.0. The summed E-state index contributed by atoms with van der Waals surface area (Å²) in [5.41, 5.74) is 7.76. The second-order valence-electron chi connectivity index (χ2n) is 6.72. The smallest absolute Gasteiger partial charge is 0.320 e. The predicted molar refractivity (Wildman–Crippen MR) is 108 cm³/mol. The van der Waals surface area contributed by atoms with Gasteiger partial charge in [0.05, 0.1) is 0 Å². The largest absolute Gasteiger partial charge is 0.480 e. The van der Waals surface area contributed by atoms with Crippen LogP contribution in [0.1, 0.15) is 20.3 Å². The summed E-state index contributed by atoms with van der Waals surface area (Å²) in [6.45, 7) is 8.33. The van der Waals surface area contributed by atoms with Gasteiger partial charge < -0.3 is 15.7 Å². The molecule has 2 heterocycles. The Morgan fingerprint density at radius 3 is 2.56 bits per heavy atom. The number of nitrogens with zero attached hydrogens (tertiary/aromatic N) is 4. The predicted octanol–water partition coefficient (Wildman–Crippen LogP) is 1.85. The zero-order valence-corrected chi connectivity index (χ0v) is 16.1. The Labute approximate surface area is 160 Å². The highest BCUT2D eigenvalue weighted by Gasteiger charge is 2.19. The third-order valence-corrected chi connectivity index (χ3v) is 4.41. The Bertz CT molecular complexity index is 692. The van der Waals surface area contributed by atoms with Gasteiger partial charge >= 0.3 is 5.97 Å². The average molecular weight is 371 g/mol. The van der Waals surface area contributed by atoms with E-state index in [1.807, 2.05) is 32.1 Å². The van der Waals surface area contributed by atoms with Crippen molar-refractivity contribution in [2.45, 2.75) is 26.3 Å². The first-order valence-electron chi connectivity index (χ1n) is 9.21. The van der Waals surface area contributed by atoms with Gasteiger partial charge in [0, 0.05) is 45.1 Å². The molecule has 0 spiro atoms. The number of piperazine rings is 1. The number of carbonyl (C=O) groups is 1. The highest BCUT2D eigenvalue weighted by atomic mass is 16.4. The normalized spacial score (nSPS) is 18.1. The first-order chi connectivity index (χ1) is 13.0. The molecule has 0 radical (unpaired) electrons. The molecule has 1 unspecified atom stereocenters. The van der Waals surface area contributed by atoms with Crippen LogP contribution in [0.4, 0.5) is 5.95 Å². The Morgan fingerprint density at radius 1 is 1.30 bits per heavy atom. The number of hydrogen-bond acceptors (Lipinski definition) is 6. The summed E-state index contributed by atoms with van der Waals surface area (Å²) < 4.78 is 0. The first-order valence-corrected chi connectivity index (χ1v) is 9.21. The summed E-state index contributed by atoms with van der Waals surface area (Å²) >= 11 is 0. The van der Waals surface area contributed by atoms with E-state index in [1.54, 1.807) is 12.4 Å². The van der Waals surface area contributed by atoms with Crippen LogP contribution in [-0.4, -0.2) is 64.7 Å². The molecule has 0 amide bonds. The summed E-state index contributed by atoms with van der Waals surface area (Å²) in [5.74, 6) is -0.193. The van der Waals surface area contributed by atoms with Crippen molar-refractivity contribution in [2.24, 2.45) is 5.73 Å². The third kappa shape index (κ3) is 6.96. The van der Waals surface area contributed by atoms with Crippen molar-refractivity contribution in [1.29, 1.82) is 0 Å². The van der Waals surface area contributed by atoms with Crippen molar-refractivity contribution in [3.63, 3.8) is 0 Å². The summed E-state index contributed by atoms with van der Waals surface area (Å²) in [6, 6.07) is 0.960. The van der Waals surface area contributed by atoms with Crippen LogP contribution < -0.4 is 10.6 Å². The molecule has 146 valence electrons. The molecule has 1 fully saturated rings. The average Bonchev–Trinajstić information content (AvgIpc) is 2.67. The van der Waals surface area contributed by atoms with E-state index in [1.165, 1.54) is 0 Å². The van der Waals surface area contributed by atoms with E-state index in [0.717, 1.165) is 49.8 Å². The van der Waals surface area contributed by atoms with Gasteiger partial charge in [0.25, 0.3) is 0 Å². The molecule has 1 aromatic rings. The minimum Gasteiger partial charge on any atom is -0.480 e. The maximum absolute atomic E-state index is 11.0. The van der Waals surface area contributed by atoms with E-state index in [2.05, 4.69) is 31.9 Å². The Kier molecular flexibility index (Phi) is 8.16. The quantitative estimate of drug-likeness (QED) is 0.673. The molecule has 7 heteroatoms. The monoisotopic (exact) mass is 371 g/mol. The fourth-order valence-corrected chi connectivity index (χ4v) is 2.99. The number of nitrogens with two attached hydrogens (primary N) is 1. The van der Waals surface area contributed by atoms with E-state index in [-0.39, 0.29) is 0 Å². The van der Waals surface area contributed by atoms with E-state index in [0.29, 0.717) is 6.42 Å². The maximum Gasteiger partial charge on any atom is 0.320 e. The van der Waals surface area contributed by atoms with Crippen molar-refractivity contribution < 1.29 is 9.90 Å². The molecule has 1 aliphatic rings. The SMILES string of the molecule is C\C=C/C=C(\C=C(/C)CC(N)C(=O)O)CN1CCN(c2ncccn2)CC1. The lowest BCUT2D eigenvalue weighted by Crippen LogP contribution is -2.47. The fraction of sp³-hybridized carbons (Fsp3) is 0.450. The van der Waals surface area contributed by atoms with Crippen LogP contribution in [0.15, 0.2) is 53.9 Å². The van der Waals surface area contributed by atoms with Gasteiger partial charge in [0.15, 0.2) is 0 Å².